The zero-order chi connectivity index (χ0) is 13.7. The molecule has 96 valence electrons. The third-order valence-corrected chi connectivity index (χ3v) is 2.16. The van der Waals surface area contributed by atoms with Crippen molar-refractivity contribution in [3.8, 4) is 11.5 Å². The van der Waals surface area contributed by atoms with Crippen molar-refractivity contribution in [2.24, 2.45) is 0 Å². The van der Waals surface area contributed by atoms with Gasteiger partial charge in [0.05, 0.1) is 26.2 Å². The predicted molar refractivity (Wildman–Crippen MR) is 57.5 cm³/mol. The highest BCUT2D eigenvalue weighted by atomic mass is 16.5. The summed E-state index contributed by atoms with van der Waals surface area (Å²) >= 11 is 0. The summed E-state index contributed by atoms with van der Waals surface area (Å²) in [4.78, 5) is 21.1. The fraction of sp³-hybridized carbons (Fsp3) is 0.167. The van der Waals surface area contributed by atoms with E-state index in [2.05, 4.69) is 0 Å². The Kier molecular flexibility index (Phi) is 4.31. The van der Waals surface area contributed by atoms with E-state index in [0.29, 0.717) is 17.1 Å². The molecule has 18 heavy (non-hydrogen) atoms. The van der Waals surface area contributed by atoms with Gasteiger partial charge < -0.3 is 29.3 Å². The van der Waals surface area contributed by atoms with E-state index in [4.69, 9.17) is 9.47 Å². The van der Waals surface area contributed by atoms with Crippen molar-refractivity contribution in [2.75, 3.05) is 14.2 Å². The third-order valence-electron chi connectivity index (χ3n) is 2.16. The van der Waals surface area contributed by atoms with Crippen LogP contribution in [0.5, 0.6) is 11.5 Å². The lowest BCUT2D eigenvalue weighted by Crippen LogP contribution is -2.36. The molecule has 6 nitrogen and oxygen atoms in total. The average molecular weight is 250 g/mol. The summed E-state index contributed by atoms with van der Waals surface area (Å²) in [5.74, 6) is -2.84. The molecule has 0 saturated heterocycles. The maximum Gasteiger partial charge on any atom is 0.161 e. The van der Waals surface area contributed by atoms with Crippen LogP contribution >= 0.6 is 0 Å². The first kappa shape index (κ1) is 13.6. The number of carbonyl (C=O) groups excluding carboxylic acids is 2. The van der Waals surface area contributed by atoms with Gasteiger partial charge in [-0.25, -0.2) is 0 Å². The fourth-order valence-corrected chi connectivity index (χ4v) is 1.31. The number of hydrogen-bond donors (Lipinski definition) is 0. The Morgan fingerprint density at radius 2 is 1.61 bits per heavy atom. The molecule has 0 aliphatic carbocycles. The Hall–Kier alpha value is -2.50. The van der Waals surface area contributed by atoms with E-state index in [-0.39, 0.29) is 0 Å². The van der Waals surface area contributed by atoms with Crippen molar-refractivity contribution in [3.63, 3.8) is 0 Å². The highest BCUT2D eigenvalue weighted by Gasteiger charge is 2.05. The van der Waals surface area contributed by atoms with Crippen LogP contribution < -0.4 is 19.7 Å². The zero-order valence-corrected chi connectivity index (χ0v) is 9.76. The smallest absolute Gasteiger partial charge is 0.161 e. The van der Waals surface area contributed by atoms with Crippen LogP contribution in [0.4, 0.5) is 0 Å². The second kappa shape index (κ2) is 5.72. The van der Waals surface area contributed by atoms with Gasteiger partial charge in [0.15, 0.2) is 11.5 Å². The molecule has 0 atom stereocenters. The maximum absolute atomic E-state index is 10.6. The third kappa shape index (κ3) is 3.00. The van der Waals surface area contributed by atoms with E-state index in [1.54, 1.807) is 0 Å². The van der Waals surface area contributed by atoms with Gasteiger partial charge in [-0.15, -0.1) is 0 Å². The number of methoxy groups -OCH3 is 2. The SMILES string of the molecule is COc1ccc(C=C(C(=O)[O-])C(=O)[O-])cc1OC. The van der Waals surface area contributed by atoms with Crippen LogP contribution in [0, 0.1) is 0 Å². The van der Waals surface area contributed by atoms with Crippen LogP contribution in [0.25, 0.3) is 6.08 Å². The standard InChI is InChI=1S/C12H12O6/c1-17-9-4-3-7(6-10(9)18-2)5-8(11(13)14)12(15)16/h3-6H,1-2H3,(H,13,14)(H,15,16)/p-2. The normalized spacial score (nSPS) is 9.44. The molecular weight excluding hydrogens is 240 g/mol. The molecule has 1 aromatic rings. The minimum atomic E-state index is -1.82. The van der Waals surface area contributed by atoms with Crippen LogP contribution in [-0.2, 0) is 9.59 Å². The second-order valence-corrected chi connectivity index (χ2v) is 3.25. The summed E-state index contributed by atoms with van der Waals surface area (Å²) in [5, 5.41) is 21.1. The topological polar surface area (TPSA) is 98.7 Å². The molecule has 0 bridgehead atoms. The molecule has 0 heterocycles. The number of carbonyl (C=O) groups is 2. The Bertz CT molecular complexity index is 487. The van der Waals surface area contributed by atoms with E-state index < -0.39 is 17.5 Å². The number of benzene rings is 1. The first-order valence-electron chi connectivity index (χ1n) is 4.86. The molecule has 0 aliphatic heterocycles. The lowest BCUT2D eigenvalue weighted by atomic mass is 10.1. The molecule has 0 spiro atoms. The Balaban J connectivity index is 3.22. The van der Waals surface area contributed by atoms with E-state index in [9.17, 15) is 19.8 Å². The molecule has 0 unspecified atom stereocenters. The Morgan fingerprint density at radius 1 is 1.06 bits per heavy atom. The lowest BCUT2D eigenvalue weighted by molar-refractivity contribution is -0.311. The number of aliphatic carboxylic acids is 2. The van der Waals surface area contributed by atoms with Gasteiger partial charge in [-0.3, -0.25) is 0 Å². The van der Waals surface area contributed by atoms with E-state index in [1.807, 2.05) is 0 Å². The molecule has 0 N–H and O–H groups in total. The molecule has 0 aromatic heterocycles. The van der Waals surface area contributed by atoms with Gasteiger partial charge in [0, 0.05) is 5.57 Å². The van der Waals surface area contributed by atoms with Crippen LogP contribution in [0.3, 0.4) is 0 Å². The molecular formula is C12H10O6-2. The minimum Gasteiger partial charge on any atom is -0.545 e. The van der Waals surface area contributed by atoms with Crippen molar-refractivity contribution < 1.29 is 29.3 Å². The lowest BCUT2D eigenvalue weighted by Gasteiger charge is -2.11. The monoisotopic (exact) mass is 250 g/mol. The number of ether oxygens (including phenoxy) is 2. The summed E-state index contributed by atoms with van der Waals surface area (Å²) in [7, 11) is 2.85. The van der Waals surface area contributed by atoms with Gasteiger partial charge in [0.25, 0.3) is 0 Å². The summed E-state index contributed by atoms with van der Waals surface area (Å²) < 4.78 is 9.99. The molecule has 0 amide bonds. The molecule has 0 fully saturated rings. The largest absolute Gasteiger partial charge is 0.545 e. The van der Waals surface area contributed by atoms with Crippen molar-refractivity contribution in [3.05, 3.63) is 29.3 Å². The van der Waals surface area contributed by atoms with E-state index in [1.165, 1.54) is 32.4 Å². The summed E-state index contributed by atoms with van der Waals surface area (Å²) in [6, 6.07) is 4.44. The summed E-state index contributed by atoms with van der Waals surface area (Å²) in [6.45, 7) is 0. The number of carboxylic acids is 2. The zero-order valence-electron chi connectivity index (χ0n) is 9.76. The van der Waals surface area contributed by atoms with Crippen molar-refractivity contribution in [2.45, 2.75) is 0 Å². The van der Waals surface area contributed by atoms with Gasteiger partial charge >= 0.3 is 0 Å². The van der Waals surface area contributed by atoms with Crippen LogP contribution in [-0.4, -0.2) is 26.2 Å². The van der Waals surface area contributed by atoms with Gasteiger partial charge in [-0.1, -0.05) is 6.07 Å². The second-order valence-electron chi connectivity index (χ2n) is 3.25. The summed E-state index contributed by atoms with van der Waals surface area (Å²) in [6.07, 6.45) is 0.923. The first-order chi connectivity index (χ1) is 8.49. The number of hydrogen-bond acceptors (Lipinski definition) is 6. The van der Waals surface area contributed by atoms with Crippen LogP contribution in [0.15, 0.2) is 23.8 Å². The van der Waals surface area contributed by atoms with Gasteiger partial charge in [-0.2, -0.15) is 0 Å². The first-order valence-corrected chi connectivity index (χ1v) is 4.86. The molecule has 6 heteroatoms. The Labute approximate surface area is 103 Å². The van der Waals surface area contributed by atoms with Gasteiger partial charge in [-0.05, 0) is 23.8 Å². The quantitative estimate of drug-likeness (QED) is 0.361. The van der Waals surface area contributed by atoms with Crippen LogP contribution in [0.2, 0.25) is 0 Å². The summed E-state index contributed by atoms with van der Waals surface area (Å²) in [5.41, 5.74) is -0.627. The Morgan fingerprint density at radius 3 is 2.06 bits per heavy atom. The molecule has 1 rings (SSSR count). The molecule has 1 aromatic carbocycles. The highest BCUT2D eigenvalue weighted by molar-refractivity contribution is 6.14. The van der Waals surface area contributed by atoms with Crippen molar-refractivity contribution >= 4 is 18.0 Å². The minimum absolute atomic E-state index is 0.316. The predicted octanol–water partition coefficient (Wildman–Crippen LogP) is -1.41. The van der Waals surface area contributed by atoms with Gasteiger partial charge in [0.1, 0.15) is 0 Å². The van der Waals surface area contributed by atoms with E-state index in [0.717, 1.165) is 6.08 Å². The maximum atomic E-state index is 10.6. The molecule has 0 saturated carbocycles. The molecule has 0 aliphatic rings. The fourth-order valence-electron chi connectivity index (χ4n) is 1.31. The van der Waals surface area contributed by atoms with Crippen molar-refractivity contribution in [1.29, 1.82) is 0 Å². The molecule has 0 radical (unpaired) electrons. The number of carboxylic acid groups (broad SMARTS) is 2. The van der Waals surface area contributed by atoms with Crippen LogP contribution in [0.1, 0.15) is 5.56 Å². The van der Waals surface area contributed by atoms with Crippen molar-refractivity contribution in [1.82, 2.24) is 0 Å². The average Bonchev–Trinajstić information content (AvgIpc) is 2.34. The highest BCUT2D eigenvalue weighted by Crippen LogP contribution is 2.28. The van der Waals surface area contributed by atoms with E-state index >= 15 is 0 Å². The van der Waals surface area contributed by atoms with Gasteiger partial charge in [0.2, 0.25) is 0 Å². The number of rotatable bonds is 5.